The van der Waals surface area contributed by atoms with Crippen LogP contribution >= 0.6 is 0 Å². The first-order valence-electron chi connectivity index (χ1n) is 6.67. The van der Waals surface area contributed by atoms with Gasteiger partial charge in [0.2, 0.25) is 11.8 Å². The Hall–Kier alpha value is -1.10. The molecule has 18 heavy (non-hydrogen) atoms. The molecule has 5 nitrogen and oxygen atoms in total. The molecular weight excluding hydrogens is 230 g/mol. The van der Waals surface area contributed by atoms with Gasteiger partial charge in [0.25, 0.3) is 0 Å². The third-order valence-corrected chi connectivity index (χ3v) is 3.29. The van der Waals surface area contributed by atoms with Gasteiger partial charge in [-0.2, -0.15) is 0 Å². The van der Waals surface area contributed by atoms with E-state index in [-0.39, 0.29) is 30.3 Å². The highest BCUT2D eigenvalue weighted by atomic mass is 16.2. The number of hydrogen-bond donors (Lipinski definition) is 2. The summed E-state index contributed by atoms with van der Waals surface area (Å²) in [6, 6.07) is 0.141. The number of amides is 2. The summed E-state index contributed by atoms with van der Waals surface area (Å²) in [4.78, 5) is 25.2. The van der Waals surface area contributed by atoms with E-state index in [4.69, 9.17) is 5.73 Å². The molecule has 0 saturated heterocycles. The van der Waals surface area contributed by atoms with Crippen molar-refractivity contribution in [1.82, 2.24) is 10.2 Å². The third kappa shape index (κ3) is 4.64. The fourth-order valence-corrected chi connectivity index (χ4v) is 2.22. The second kappa shape index (κ2) is 6.73. The molecule has 0 radical (unpaired) electrons. The molecule has 0 aromatic rings. The lowest BCUT2D eigenvalue weighted by Gasteiger charge is -2.20. The zero-order valence-electron chi connectivity index (χ0n) is 11.6. The van der Waals surface area contributed by atoms with E-state index in [2.05, 4.69) is 5.32 Å². The summed E-state index contributed by atoms with van der Waals surface area (Å²) in [6.45, 7) is 4.86. The van der Waals surface area contributed by atoms with E-state index in [1.54, 1.807) is 7.05 Å². The second-order valence-corrected chi connectivity index (χ2v) is 5.66. The van der Waals surface area contributed by atoms with Crippen molar-refractivity contribution in [1.29, 1.82) is 0 Å². The van der Waals surface area contributed by atoms with Crippen LogP contribution in [0.2, 0.25) is 0 Å². The third-order valence-electron chi connectivity index (χ3n) is 3.29. The molecular formula is C13H25N3O2. The van der Waals surface area contributed by atoms with Crippen LogP contribution < -0.4 is 11.1 Å². The standard InChI is InChI=1S/C13H25N3O2/c1-9(2)7-15-12(17)8-16(3)13(18)10-4-5-11(14)6-10/h9-11H,4-8,14H2,1-3H3,(H,15,17). The Morgan fingerprint density at radius 1 is 1.39 bits per heavy atom. The van der Waals surface area contributed by atoms with Crippen molar-refractivity contribution in [2.24, 2.45) is 17.6 Å². The predicted molar refractivity (Wildman–Crippen MR) is 70.8 cm³/mol. The smallest absolute Gasteiger partial charge is 0.239 e. The van der Waals surface area contributed by atoms with Crippen LogP contribution in [0.5, 0.6) is 0 Å². The lowest BCUT2D eigenvalue weighted by Crippen LogP contribution is -2.41. The molecule has 0 aromatic carbocycles. The largest absolute Gasteiger partial charge is 0.354 e. The van der Waals surface area contributed by atoms with Gasteiger partial charge >= 0.3 is 0 Å². The summed E-state index contributed by atoms with van der Waals surface area (Å²) < 4.78 is 0. The van der Waals surface area contributed by atoms with Crippen molar-refractivity contribution < 1.29 is 9.59 Å². The summed E-state index contributed by atoms with van der Waals surface area (Å²) >= 11 is 0. The number of nitrogens with zero attached hydrogens (tertiary/aromatic N) is 1. The Kier molecular flexibility index (Phi) is 5.59. The first-order valence-corrected chi connectivity index (χ1v) is 6.67. The van der Waals surface area contributed by atoms with E-state index in [1.165, 1.54) is 4.90 Å². The molecule has 104 valence electrons. The lowest BCUT2D eigenvalue weighted by molar-refractivity contribution is -0.137. The summed E-state index contributed by atoms with van der Waals surface area (Å²) in [6.07, 6.45) is 2.50. The zero-order valence-corrected chi connectivity index (χ0v) is 11.6. The number of carbonyl (C=O) groups excluding carboxylic acids is 2. The van der Waals surface area contributed by atoms with Crippen LogP contribution in [0.4, 0.5) is 0 Å². The Bertz CT molecular complexity index is 305. The van der Waals surface area contributed by atoms with Gasteiger partial charge in [0.05, 0.1) is 6.54 Å². The number of hydrogen-bond acceptors (Lipinski definition) is 3. The number of likely N-dealkylation sites (N-methyl/N-ethyl adjacent to an activating group) is 1. The molecule has 0 aromatic heterocycles. The molecule has 2 amide bonds. The van der Waals surface area contributed by atoms with Crippen molar-refractivity contribution >= 4 is 11.8 Å². The van der Waals surface area contributed by atoms with Gasteiger partial charge in [-0.25, -0.2) is 0 Å². The van der Waals surface area contributed by atoms with Crippen LogP contribution in [0.15, 0.2) is 0 Å². The van der Waals surface area contributed by atoms with Gasteiger partial charge < -0.3 is 16.0 Å². The van der Waals surface area contributed by atoms with E-state index < -0.39 is 0 Å². The van der Waals surface area contributed by atoms with Crippen LogP contribution in [0.25, 0.3) is 0 Å². The van der Waals surface area contributed by atoms with Gasteiger partial charge in [-0.15, -0.1) is 0 Å². The summed E-state index contributed by atoms with van der Waals surface area (Å²) in [5.74, 6) is 0.371. The zero-order chi connectivity index (χ0) is 13.7. The van der Waals surface area contributed by atoms with Crippen LogP contribution in [-0.2, 0) is 9.59 Å². The molecule has 0 heterocycles. The Labute approximate surface area is 109 Å². The van der Waals surface area contributed by atoms with E-state index >= 15 is 0 Å². The maximum atomic E-state index is 12.1. The minimum Gasteiger partial charge on any atom is -0.354 e. The molecule has 1 rings (SSSR count). The molecule has 1 saturated carbocycles. The van der Waals surface area contributed by atoms with Crippen LogP contribution in [0.1, 0.15) is 33.1 Å². The van der Waals surface area contributed by atoms with E-state index in [1.807, 2.05) is 13.8 Å². The van der Waals surface area contributed by atoms with Gasteiger partial charge in [0.1, 0.15) is 0 Å². The highest BCUT2D eigenvalue weighted by molar-refractivity contribution is 5.85. The summed E-state index contributed by atoms with van der Waals surface area (Å²) in [5.41, 5.74) is 5.80. The first kappa shape index (κ1) is 15.0. The molecule has 0 bridgehead atoms. The average molecular weight is 255 g/mol. The van der Waals surface area contributed by atoms with Crippen molar-refractivity contribution in [3.8, 4) is 0 Å². The van der Waals surface area contributed by atoms with Gasteiger partial charge in [0.15, 0.2) is 0 Å². The van der Waals surface area contributed by atoms with Crippen molar-refractivity contribution in [3.63, 3.8) is 0 Å². The van der Waals surface area contributed by atoms with Crippen molar-refractivity contribution in [3.05, 3.63) is 0 Å². The van der Waals surface area contributed by atoms with Gasteiger partial charge in [0, 0.05) is 25.6 Å². The second-order valence-electron chi connectivity index (χ2n) is 5.66. The number of nitrogens with one attached hydrogen (secondary N) is 1. The normalized spacial score (nSPS) is 23.2. The van der Waals surface area contributed by atoms with Crippen molar-refractivity contribution in [2.45, 2.75) is 39.2 Å². The predicted octanol–water partition coefficient (Wildman–Crippen LogP) is 0.344. The SMILES string of the molecule is CC(C)CNC(=O)CN(C)C(=O)C1CCC(N)C1. The molecule has 2 unspecified atom stereocenters. The van der Waals surface area contributed by atoms with Gasteiger partial charge in [-0.3, -0.25) is 9.59 Å². The van der Waals surface area contributed by atoms with E-state index in [0.717, 1.165) is 19.3 Å². The van der Waals surface area contributed by atoms with Gasteiger partial charge in [-0.1, -0.05) is 13.8 Å². The fraction of sp³-hybridized carbons (Fsp3) is 0.846. The molecule has 2 atom stereocenters. The molecule has 5 heteroatoms. The highest BCUT2D eigenvalue weighted by Crippen LogP contribution is 2.25. The summed E-state index contributed by atoms with van der Waals surface area (Å²) in [5, 5.41) is 2.81. The molecule has 1 aliphatic rings. The minimum atomic E-state index is -0.0955. The molecule has 1 fully saturated rings. The quantitative estimate of drug-likeness (QED) is 0.744. The fourth-order valence-electron chi connectivity index (χ4n) is 2.22. The lowest BCUT2D eigenvalue weighted by atomic mass is 10.1. The maximum absolute atomic E-state index is 12.1. The van der Waals surface area contributed by atoms with E-state index in [9.17, 15) is 9.59 Å². The Morgan fingerprint density at radius 2 is 2.06 bits per heavy atom. The molecule has 1 aliphatic carbocycles. The highest BCUT2D eigenvalue weighted by Gasteiger charge is 2.30. The Balaban J connectivity index is 2.33. The van der Waals surface area contributed by atoms with E-state index in [0.29, 0.717) is 12.5 Å². The molecule has 0 aliphatic heterocycles. The number of carbonyl (C=O) groups is 2. The summed E-state index contributed by atoms with van der Waals surface area (Å²) in [7, 11) is 1.68. The van der Waals surface area contributed by atoms with Gasteiger partial charge in [-0.05, 0) is 25.2 Å². The maximum Gasteiger partial charge on any atom is 0.239 e. The molecule has 3 N–H and O–H groups in total. The number of nitrogens with two attached hydrogens (primary N) is 1. The minimum absolute atomic E-state index is 0.00268. The van der Waals surface area contributed by atoms with Crippen LogP contribution in [-0.4, -0.2) is 42.9 Å². The van der Waals surface area contributed by atoms with Crippen LogP contribution in [0.3, 0.4) is 0 Å². The number of rotatable bonds is 5. The topological polar surface area (TPSA) is 75.4 Å². The van der Waals surface area contributed by atoms with Crippen LogP contribution in [0, 0.1) is 11.8 Å². The first-order chi connectivity index (χ1) is 8.40. The Morgan fingerprint density at radius 3 is 2.56 bits per heavy atom. The monoisotopic (exact) mass is 255 g/mol. The molecule has 0 spiro atoms. The average Bonchev–Trinajstić information content (AvgIpc) is 2.72. The van der Waals surface area contributed by atoms with Crippen molar-refractivity contribution in [2.75, 3.05) is 20.1 Å².